The van der Waals surface area contributed by atoms with Gasteiger partial charge in [0.1, 0.15) is 18.0 Å². The molecule has 2 amide bonds. The number of imidazole rings is 1. The second-order valence-corrected chi connectivity index (χ2v) is 6.80. The van der Waals surface area contributed by atoms with Crippen LogP contribution in [0.2, 0.25) is 0 Å². The van der Waals surface area contributed by atoms with Crippen molar-refractivity contribution in [2.45, 2.75) is 37.8 Å². The number of carbonyl (C=O) groups excluding carboxylic acids is 1. The Morgan fingerprint density at radius 2 is 2.19 bits per heavy atom. The monoisotopic (exact) mass is 373 g/mol. The quantitative estimate of drug-likeness (QED) is 0.794. The largest absolute Gasteiger partial charge is 0.483 e. The number of hydrogen-bond acceptors (Lipinski definition) is 6. The zero-order valence-electron chi connectivity index (χ0n) is 15.3. The molecule has 2 aromatic rings. The second-order valence-electron chi connectivity index (χ2n) is 6.80. The van der Waals surface area contributed by atoms with Crippen LogP contribution in [-0.4, -0.2) is 58.1 Å². The van der Waals surface area contributed by atoms with E-state index >= 15 is 0 Å². The van der Waals surface area contributed by atoms with E-state index in [0.717, 1.165) is 17.1 Å². The van der Waals surface area contributed by atoms with Crippen LogP contribution in [0.25, 0.3) is 0 Å². The lowest BCUT2D eigenvalue weighted by Gasteiger charge is -2.19. The Balaban J connectivity index is 1.29. The Labute approximate surface area is 157 Å². The first kappa shape index (κ1) is 17.7. The van der Waals surface area contributed by atoms with Gasteiger partial charge in [0.2, 0.25) is 0 Å². The fraction of sp³-hybridized carbons (Fsp3) is 0.500. The molecule has 0 bridgehead atoms. The van der Waals surface area contributed by atoms with Crippen molar-refractivity contribution in [3.8, 4) is 5.75 Å². The number of amides is 2. The summed E-state index contributed by atoms with van der Waals surface area (Å²) in [5.41, 5.74) is 1.62. The third-order valence-electron chi connectivity index (χ3n) is 4.75. The number of nitrogens with one attached hydrogen (secondary N) is 2. The van der Waals surface area contributed by atoms with Crippen molar-refractivity contribution in [1.82, 2.24) is 25.2 Å². The molecule has 2 N–H and O–H groups in total. The zero-order valence-corrected chi connectivity index (χ0v) is 15.3. The van der Waals surface area contributed by atoms with Crippen LogP contribution in [0.5, 0.6) is 5.75 Å². The molecule has 2 aliphatic rings. The van der Waals surface area contributed by atoms with E-state index in [2.05, 4.69) is 20.6 Å². The third-order valence-corrected chi connectivity index (χ3v) is 4.75. The molecule has 2 saturated heterocycles. The summed E-state index contributed by atoms with van der Waals surface area (Å²) in [6, 6.07) is 3.22. The van der Waals surface area contributed by atoms with Crippen LogP contribution < -0.4 is 15.4 Å². The summed E-state index contributed by atoms with van der Waals surface area (Å²) in [6.45, 7) is 3.06. The van der Waals surface area contributed by atoms with Crippen LogP contribution in [0.3, 0.4) is 0 Å². The highest BCUT2D eigenvalue weighted by Crippen LogP contribution is 2.30. The molecule has 2 aromatic heterocycles. The number of ether oxygens (including phenoxy) is 3. The van der Waals surface area contributed by atoms with Crippen LogP contribution in [0.1, 0.15) is 11.4 Å². The highest BCUT2D eigenvalue weighted by molar-refractivity contribution is 5.74. The molecule has 4 rings (SSSR count). The van der Waals surface area contributed by atoms with Crippen molar-refractivity contribution in [2.75, 3.05) is 13.2 Å². The van der Waals surface area contributed by atoms with Gasteiger partial charge in [-0.3, -0.25) is 4.98 Å². The fourth-order valence-corrected chi connectivity index (χ4v) is 3.39. The van der Waals surface area contributed by atoms with Gasteiger partial charge < -0.3 is 29.4 Å². The van der Waals surface area contributed by atoms with Gasteiger partial charge in [0.25, 0.3) is 0 Å². The van der Waals surface area contributed by atoms with Gasteiger partial charge in [-0.15, -0.1) is 0 Å². The standard InChI is InChI=1S/C18H23N5O4/c1-11-14(4-3-5-19-11)27-15-9-26-16-13(8-25-17(15)16)22-18(24)20-6-12-7-23(2)10-21-12/h3-5,7,10,13,15-17H,6,8-9H2,1-2H3,(H2,20,22,24)/t13-,15-,16+,17+/m0/s1. The molecular formula is C18H23N5O4. The van der Waals surface area contributed by atoms with Gasteiger partial charge in [0.05, 0.1) is 43.5 Å². The van der Waals surface area contributed by atoms with Gasteiger partial charge in [-0.2, -0.15) is 0 Å². The molecule has 144 valence electrons. The molecule has 0 radical (unpaired) electrons. The van der Waals surface area contributed by atoms with Crippen LogP contribution in [-0.2, 0) is 23.1 Å². The van der Waals surface area contributed by atoms with E-state index in [1.54, 1.807) is 12.5 Å². The van der Waals surface area contributed by atoms with Gasteiger partial charge in [-0.1, -0.05) is 0 Å². The lowest BCUT2D eigenvalue weighted by atomic mass is 10.1. The van der Waals surface area contributed by atoms with Crippen molar-refractivity contribution in [1.29, 1.82) is 0 Å². The van der Waals surface area contributed by atoms with Gasteiger partial charge in [0.15, 0.2) is 6.10 Å². The number of carbonyl (C=O) groups is 1. The minimum absolute atomic E-state index is 0.217. The summed E-state index contributed by atoms with van der Waals surface area (Å²) in [4.78, 5) is 20.6. The molecule has 9 nitrogen and oxygen atoms in total. The van der Waals surface area contributed by atoms with E-state index in [-0.39, 0.29) is 30.4 Å². The summed E-state index contributed by atoms with van der Waals surface area (Å²) in [5.74, 6) is 0.722. The molecule has 2 fully saturated rings. The van der Waals surface area contributed by atoms with Crippen molar-refractivity contribution < 1.29 is 19.0 Å². The molecule has 4 heterocycles. The number of urea groups is 1. The lowest BCUT2D eigenvalue weighted by molar-refractivity contribution is 0.0299. The zero-order chi connectivity index (χ0) is 18.8. The summed E-state index contributed by atoms with van der Waals surface area (Å²) in [5, 5.41) is 5.72. The highest BCUT2D eigenvalue weighted by Gasteiger charge is 2.49. The molecular weight excluding hydrogens is 350 g/mol. The fourth-order valence-electron chi connectivity index (χ4n) is 3.39. The van der Waals surface area contributed by atoms with Crippen molar-refractivity contribution >= 4 is 6.03 Å². The predicted molar refractivity (Wildman–Crippen MR) is 95.2 cm³/mol. The Bertz CT molecular complexity index is 811. The molecule has 27 heavy (non-hydrogen) atoms. The number of aryl methyl sites for hydroxylation is 2. The van der Waals surface area contributed by atoms with E-state index in [1.165, 1.54) is 0 Å². The minimum Gasteiger partial charge on any atom is -0.483 e. The van der Waals surface area contributed by atoms with Crippen LogP contribution in [0.4, 0.5) is 4.79 Å². The van der Waals surface area contributed by atoms with E-state index in [1.807, 2.05) is 36.9 Å². The molecule has 4 atom stereocenters. The smallest absolute Gasteiger partial charge is 0.315 e. The summed E-state index contributed by atoms with van der Waals surface area (Å²) < 4.78 is 19.6. The van der Waals surface area contributed by atoms with Crippen molar-refractivity contribution in [3.63, 3.8) is 0 Å². The number of hydrogen-bond donors (Lipinski definition) is 2. The number of fused-ring (bicyclic) bond motifs is 1. The molecule has 0 spiro atoms. The Morgan fingerprint density at radius 1 is 1.33 bits per heavy atom. The molecule has 2 aliphatic heterocycles. The maximum Gasteiger partial charge on any atom is 0.315 e. The summed E-state index contributed by atoms with van der Waals surface area (Å²) in [6.07, 6.45) is 4.61. The molecule has 0 aliphatic carbocycles. The SMILES string of the molecule is Cc1ncccc1O[C@H]1CO[C@H]2[C@@H]1OC[C@@H]2NC(=O)NCc1cn(C)cn1. The topological polar surface area (TPSA) is 99.5 Å². The van der Waals surface area contributed by atoms with Gasteiger partial charge >= 0.3 is 6.03 Å². The summed E-state index contributed by atoms with van der Waals surface area (Å²) >= 11 is 0. The number of aromatic nitrogens is 3. The number of nitrogens with zero attached hydrogens (tertiary/aromatic N) is 3. The summed E-state index contributed by atoms with van der Waals surface area (Å²) in [7, 11) is 1.88. The van der Waals surface area contributed by atoms with Crippen molar-refractivity contribution in [2.24, 2.45) is 7.05 Å². The van der Waals surface area contributed by atoms with Crippen LogP contribution >= 0.6 is 0 Å². The Morgan fingerprint density at radius 3 is 2.96 bits per heavy atom. The van der Waals surface area contributed by atoms with Gasteiger partial charge in [-0.25, -0.2) is 9.78 Å². The van der Waals surface area contributed by atoms with Crippen LogP contribution in [0.15, 0.2) is 30.9 Å². The average molecular weight is 373 g/mol. The Kier molecular flexibility index (Phi) is 4.95. The van der Waals surface area contributed by atoms with E-state index in [4.69, 9.17) is 14.2 Å². The van der Waals surface area contributed by atoms with Crippen molar-refractivity contribution in [3.05, 3.63) is 42.2 Å². The maximum absolute atomic E-state index is 12.2. The predicted octanol–water partition coefficient (Wildman–Crippen LogP) is 0.537. The second kappa shape index (κ2) is 7.53. The number of rotatable bonds is 5. The van der Waals surface area contributed by atoms with E-state index in [9.17, 15) is 4.79 Å². The molecule has 0 aromatic carbocycles. The normalized spacial score (nSPS) is 26.6. The molecule has 9 heteroatoms. The lowest BCUT2D eigenvalue weighted by Crippen LogP contribution is -2.48. The van der Waals surface area contributed by atoms with Gasteiger partial charge in [0, 0.05) is 19.4 Å². The average Bonchev–Trinajstić information content (AvgIpc) is 3.34. The Hall–Kier alpha value is -2.65. The first-order valence-electron chi connectivity index (χ1n) is 8.93. The van der Waals surface area contributed by atoms with E-state index < -0.39 is 0 Å². The third kappa shape index (κ3) is 3.88. The molecule has 0 unspecified atom stereocenters. The maximum atomic E-state index is 12.2. The first-order chi connectivity index (χ1) is 13.1. The highest BCUT2D eigenvalue weighted by atomic mass is 16.6. The van der Waals surface area contributed by atoms with E-state index in [0.29, 0.717) is 19.8 Å². The van der Waals surface area contributed by atoms with Gasteiger partial charge in [-0.05, 0) is 19.1 Å². The minimum atomic E-state index is -0.272. The first-order valence-corrected chi connectivity index (χ1v) is 8.93. The number of pyridine rings is 1. The van der Waals surface area contributed by atoms with Crippen LogP contribution in [0, 0.1) is 6.92 Å². The molecule has 0 saturated carbocycles.